The van der Waals surface area contributed by atoms with Gasteiger partial charge in [0.2, 0.25) is 11.7 Å². The number of benzene rings is 1. The van der Waals surface area contributed by atoms with Gasteiger partial charge in [-0.3, -0.25) is 14.5 Å². The van der Waals surface area contributed by atoms with Gasteiger partial charge in [-0.2, -0.15) is 17.6 Å². The van der Waals surface area contributed by atoms with E-state index in [9.17, 15) is 31.5 Å². The number of nitrogens with one attached hydrogen (secondary N) is 1. The zero-order valence-electron chi connectivity index (χ0n) is 22.0. The fourth-order valence-corrected chi connectivity index (χ4v) is 5.15. The number of methoxy groups -OCH3 is 1. The molecular weight excluding hydrogens is 527 g/mol. The quantitative estimate of drug-likeness (QED) is 0.540. The van der Waals surface area contributed by atoms with E-state index in [4.69, 9.17) is 9.47 Å². The number of pyridine rings is 1. The van der Waals surface area contributed by atoms with E-state index in [2.05, 4.69) is 10.3 Å². The molecule has 0 saturated carbocycles. The van der Waals surface area contributed by atoms with Crippen molar-refractivity contribution in [2.45, 2.75) is 50.1 Å². The summed E-state index contributed by atoms with van der Waals surface area (Å²) in [6, 6.07) is 4.68. The van der Waals surface area contributed by atoms with Crippen LogP contribution in [0.5, 0.6) is 5.75 Å². The standard InChI is InChI=1S/C26H29F5N4O4/c1-13-20(16-6-7-17(27)21(28)22(16)38-5)23(39-25(13,2)26(29,30)31)24(37)33-14-8-9-32-18(10-14)35-12-15(34(3)4)11-19(35)36/h6-10,13,15,20,23H,11-12H2,1-5H3,(H,32,33,37)/t13-,15-,20-,23+,25+/m0/s1. The monoisotopic (exact) mass is 556 g/mol. The molecule has 4 rings (SSSR count). The van der Waals surface area contributed by atoms with Crippen LogP contribution in [0.4, 0.5) is 33.5 Å². The number of carbonyl (C=O) groups is 2. The maximum Gasteiger partial charge on any atom is 0.417 e. The van der Waals surface area contributed by atoms with E-state index < -0.39 is 53.0 Å². The largest absolute Gasteiger partial charge is 0.493 e. The lowest BCUT2D eigenvalue weighted by Gasteiger charge is -2.32. The minimum Gasteiger partial charge on any atom is -0.493 e. The Kier molecular flexibility index (Phi) is 7.60. The Morgan fingerprint density at radius 2 is 1.95 bits per heavy atom. The van der Waals surface area contributed by atoms with Crippen LogP contribution in [0.2, 0.25) is 0 Å². The molecule has 5 atom stereocenters. The van der Waals surface area contributed by atoms with Crippen molar-refractivity contribution in [2.75, 3.05) is 38.0 Å². The lowest BCUT2D eigenvalue weighted by Crippen LogP contribution is -2.47. The Morgan fingerprint density at radius 3 is 2.54 bits per heavy atom. The predicted molar refractivity (Wildman–Crippen MR) is 131 cm³/mol. The molecule has 2 saturated heterocycles. The summed E-state index contributed by atoms with van der Waals surface area (Å²) < 4.78 is 81.3. The number of aromatic nitrogens is 1. The van der Waals surface area contributed by atoms with Crippen molar-refractivity contribution >= 4 is 23.3 Å². The van der Waals surface area contributed by atoms with Crippen molar-refractivity contribution in [1.82, 2.24) is 9.88 Å². The van der Waals surface area contributed by atoms with E-state index in [1.54, 1.807) is 0 Å². The number of likely N-dealkylation sites (N-methyl/N-ethyl adjacent to an activating group) is 1. The zero-order chi connectivity index (χ0) is 28.9. The van der Waals surface area contributed by atoms with Crippen molar-refractivity contribution in [3.8, 4) is 5.75 Å². The fourth-order valence-electron chi connectivity index (χ4n) is 5.15. The summed E-state index contributed by atoms with van der Waals surface area (Å²) >= 11 is 0. The van der Waals surface area contributed by atoms with Crippen LogP contribution in [-0.2, 0) is 14.3 Å². The lowest BCUT2D eigenvalue weighted by molar-refractivity contribution is -0.272. The van der Waals surface area contributed by atoms with Crippen LogP contribution in [0.1, 0.15) is 31.7 Å². The number of rotatable bonds is 6. The van der Waals surface area contributed by atoms with Crippen LogP contribution in [0.15, 0.2) is 30.5 Å². The van der Waals surface area contributed by atoms with Gasteiger partial charge in [-0.1, -0.05) is 13.0 Å². The number of hydrogen-bond acceptors (Lipinski definition) is 6. The zero-order valence-corrected chi connectivity index (χ0v) is 22.0. The summed E-state index contributed by atoms with van der Waals surface area (Å²) in [6.45, 7) is 2.42. The number of halogens is 5. The summed E-state index contributed by atoms with van der Waals surface area (Å²) in [5.41, 5.74) is -2.74. The fraction of sp³-hybridized carbons (Fsp3) is 0.500. The number of alkyl halides is 3. The molecule has 2 aliphatic rings. The van der Waals surface area contributed by atoms with Crippen molar-refractivity contribution in [3.63, 3.8) is 0 Å². The summed E-state index contributed by atoms with van der Waals surface area (Å²) in [4.78, 5) is 33.5. The molecule has 0 aliphatic carbocycles. The Balaban J connectivity index is 1.67. The van der Waals surface area contributed by atoms with Gasteiger partial charge in [0, 0.05) is 54.4 Å². The van der Waals surface area contributed by atoms with Crippen molar-refractivity contribution < 1.29 is 41.0 Å². The molecule has 1 aromatic carbocycles. The molecule has 0 bridgehead atoms. The molecule has 0 radical (unpaired) electrons. The van der Waals surface area contributed by atoms with E-state index in [1.807, 2.05) is 19.0 Å². The number of carbonyl (C=O) groups excluding carboxylic acids is 2. The third kappa shape index (κ3) is 5.05. The topological polar surface area (TPSA) is 84.0 Å². The first-order valence-electron chi connectivity index (χ1n) is 12.2. The highest BCUT2D eigenvalue weighted by molar-refractivity contribution is 5.98. The molecule has 2 amide bonds. The van der Waals surface area contributed by atoms with Gasteiger partial charge < -0.3 is 19.7 Å². The van der Waals surface area contributed by atoms with E-state index in [0.29, 0.717) is 6.54 Å². The number of anilines is 2. The first-order chi connectivity index (χ1) is 18.2. The van der Waals surface area contributed by atoms with Gasteiger partial charge in [0.15, 0.2) is 17.2 Å². The molecule has 0 spiro atoms. The maximum absolute atomic E-state index is 14.5. The summed E-state index contributed by atoms with van der Waals surface area (Å²) in [5.74, 6) is -6.80. The molecule has 2 aromatic rings. The molecule has 3 heterocycles. The number of nitrogens with zero attached hydrogens (tertiary/aromatic N) is 3. The van der Waals surface area contributed by atoms with Crippen molar-refractivity contribution in [2.24, 2.45) is 5.92 Å². The Morgan fingerprint density at radius 1 is 1.26 bits per heavy atom. The molecule has 0 unspecified atom stereocenters. The van der Waals surface area contributed by atoms with Gasteiger partial charge in [-0.05, 0) is 33.2 Å². The van der Waals surface area contributed by atoms with Gasteiger partial charge in [0.1, 0.15) is 11.9 Å². The second-order valence-corrected chi connectivity index (χ2v) is 10.2. The van der Waals surface area contributed by atoms with Crippen LogP contribution >= 0.6 is 0 Å². The first-order valence-corrected chi connectivity index (χ1v) is 12.2. The van der Waals surface area contributed by atoms with Crippen LogP contribution in [0.25, 0.3) is 0 Å². The van der Waals surface area contributed by atoms with Crippen LogP contribution in [0.3, 0.4) is 0 Å². The van der Waals surface area contributed by atoms with Gasteiger partial charge in [0.05, 0.1) is 7.11 Å². The molecule has 1 N–H and O–H groups in total. The average molecular weight is 557 g/mol. The third-order valence-corrected chi connectivity index (χ3v) is 7.69. The van der Waals surface area contributed by atoms with Gasteiger partial charge in [-0.15, -0.1) is 0 Å². The Hall–Kier alpha value is -3.32. The number of amides is 2. The first kappa shape index (κ1) is 28.7. The molecule has 8 nitrogen and oxygen atoms in total. The van der Waals surface area contributed by atoms with E-state index in [0.717, 1.165) is 26.2 Å². The smallest absolute Gasteiger partial charge is 0.417 e. The summed E-state index contributed by atoms with van der Waals surface area (Å²) in [6.07, 6.45) is -4.98. The Labute approximate surface area is 222 Å². The molecule has 212 valence electrons. The van der Waals surface area contributed by atoms with Gasteiger partial charge in [0.25, 0.3) is 5.91 Å². The molecule has 2 fully saturated rings. The summed E-state index contributed by atoms with van der Waals surface area (Å²) in [7, 11) is 4.75. The highest BCUT2D eigenvalue weighted by atomic mass is 19.4. The van der Waals surface area contributed by atoms with Gasteiger partial charge >= 0.3 is 6.18 Å². The number of ether oxygens (including phenoxy) is 2. The molecule has 39 heavy (non-hydrogen) atoms. The number of hydrogen-bond donors (Lipinski definition) is 1. The minimum atomic E-state index is -4.88. The van der Waals surface area contributed by atoms with E-state index in [1.165, 1.54) is 30.2 Å². The molecular formula is C26H29F5N4O4. The molecule has 1 aromatic heterocycles. The summed E-state index contributed by atoms with van der Waals surface area (Å²) in [5, 5.41) is 2.54. The van der Waals surface area contributed by atoms with Crippen molar-refractivity contribution in [1.29, 1.82) is 0 Å². The second-order valence-electron chi connectivity index (χ2n) is 10.2. The Bertz CT molecular complexity index is 1270. The SMILES string of the molecule is COc1c([C@H]2[C@H](C(=O)Nc3ccnc(N4C[C@@H](N(C)C)CC4=O)c3)O[C@@](C)(C(F)(F)F)[C@H]2C)ccc(F)c1F. The predicted octanol–water partition coefficient (Wildman–Crippen LogP) is 4.11. The molecule has 13 heteroatoms. The van der Waals surface area contributed by atoms with Crippen molar-refractivity contribution in [3.05, 3.63) is 47.7 Å². The highest BCUT2D eigenvalue weighted by Gasteiger charge is 2.66. The average Bonchev–Trinajstić information content (AvgIpc) is 3.39. The lowest BCUT2D eigenvalue weighted by atomic mass is 9.77. The van der Waals surface area contributed by atoms with Gasteiger partial charge in [-0.25, -0.2) is 9.37 Å². The van der Waals surface area contributed by atoms with Crippen LogP contribution in [0, 0.1) is 17.6 Å². The van der Waals surface area contributed by atoms with E-state index in [-0.39, 0.29) is 35.4 Å². The van der Waals surface area contributed by atoms with Crippen LogP contribution < -0.4 is 15.0 Å². The maximum atomic E-state index is 14.5. The molecule has 2 aliphatic heterocycles. The normalized spacial score (nSPS) is 27.4. The second kappa shape index (κ2) is 10.3. The highest BCUT2D eigenvalue weighted by Crippen LogP contribution is 2.55. The van der Waals surface area contributed by atoms with E-state index >= 15 is 0 Å². The van der Waals surface area contributed by atoms with Crippen LogP contribution in [-0.4, -0.2) is 73.4 Å². The minimum absolute atomic E-state index is 0.0298. The third-order valence-electron chi connectivity index (χ3n) is 7.69.